The van der Waals surface area contributed by atoms with Gasteiger partial charge in [0.25, 0.3) is 7.82 Å². The van der Waals surface area contributed by atoms with Gasteiger partial charge >= 0.3 is 11.9 Å². The fourth-order valence-corrected chi connectivity index (χ4v) is 7.16. The number of aliphatic hydroxyl groups excluding tert-OH is 3. The van der Waals surface area contributed by atoms with E-state index in [1.165, 1.54) is 19.3 Å². The molecule has 1 fully saturated rings. The molecule has 7 atom stereocenters. The molecule has 0 aliphatic carbocycles. The average molecular weight is 872 g/mol. The van der Waals surface area contributed by atoms with Gasteiger partial charge in [0.15, 0.2) is 12.4 Å². The number of nitrogens with zero attached hydrogens (tertiary/aromatic N) is 1. The standard InChI is InChI=1S/C46H82NO12P/c1-6-8-10-11-12-13-14-15-16-17-18-19-20-21-27-31-45(51)58-40(38-57-60(53,54)56-35-34-47(3,4)5)37-55-44(50)30-26-23-22-25-29-41-42(49)36-46(52)59-43(41)33-32-39(48)28-24-9-7-2/h12-13,15-16,22,25,32-33,39-43,46,48-49,52H,6-11,14,17-21,23-24,26-31,34-38H2,1-5H3/b13-12-,16-15-,25-22-,33-32+/t39-,40+,41-,42-,43+,46?/m0/s1. The number of likely N-dealkylation sites (N-methyl/N-ethyl adjacent to an activating group) is 1. The van der Waals surface area contributed by atoms with Crippen LogP contribution < -0.4 is 4.89 Å². The van der Waals surface area contributed by atoms with Crippen molar-refractivity contribution in [1.29, 1.82) is 0 Å². The van der Waals surface area contributed by atoms with Gasteiger partial charge in [-0.05, 0) is 64.2 Å². The van der Waals surface area contributed by atoms with Crippen molar-refractivity contribution in [3.8, 4) is 0 Å². The van der Waals surface area contributed by atoms with Crippen LogP contribution in [-0.2, 0) is 37.4 Å². The second kappa shape index (κ2) is 34.3. The summed E-state index contributed by atoms with van der Waals surface area (Å²) in [6.07, 6.45) is 29.0. The van der Waals surface area contributed by atoms with Gasteiger partial charge in [0.1, 0.15) is 19.8 Å². The molecule has 14 heteroatoms. The summed E-state index contributed by atoms with van der Waals surface area (Å²) < 4.78 is 39.5. The molecule has 0 radical (unpaired) electrons. The lowest BCUT2D eigenvalue weighted by atomic mass is 9.87. The molecule has 0 amide bonds. The zero-order valence-electron chi connectivity index (χ0n) is 37.7. The van der Waals surface area contributed by atoms with Crippen LogP contribution >= 0.6 is 7.82 Å². The van der Waals surface area contributed by atoms with Crippen molar-refractivity contribution in [1.82, 2.24) is 0 Å². The van der Waals surface area contributed by atoms with Crippen LogP contribution in [0.15, 0.2) is 48.6 Å². The molecular weight excluding hydrogens is 789 g/mol. The number of esters is 2. The number of aliphatic hydroxyl groups is 3. The minimum Gasteiger partial charge on any atom is -0.756 e. The predicted molar refractivity (Wildman–Crippen MR) is 234 cm³/mol. The molecule has 1 saturated heterocycles. The highest BCUT2D eigenvalue weighted by atomic mass is 31.2. The number of hydrogen-bond donors (Lipinski definition) is 3. The molecule has 0 saturated carbocycles. The van der Waals surface area contributed by atoms with Gasteiger partial charge in [0.2, 0.25) is 0 Å². The van der Waals surface area contributed by atoms with Gasteiger partial charge in [0.05, 0.1) is 46.1 Å². The Kier molecular flexibility index (Phi) is 31.9. The van der Waals surface area contributed by atoms with E-state index in [1.54, 1.807) is 12.2 Å². The van der Waals surface area contributed by atoms with Crippen LogP contribution in [0.1, 0.15) is 149 Å². The van der Waals surface area contributed by atoms with Crippen molar-refractivity contribution in [3.05, 3.63) is 48.6 Å². The van der Waals surface area contributed by atoms with Crippen molar-refractivity contribution in [2.24, 2.45) is 5.92 Å². The number of quaternary nitrogens is 1. The zero-order valence-corrected chi connectivity index (χ0v) is 38.6. The Morgan fingerprint density at radius 1 is 0.800 bits per heavy atom. The van der Waals surface area contributed by atoms with Gasteiger partial charge in [-0.15, -0.1) is 0 Å². The number of carbonyl (C=O) groups excluding carboxylic acids is 2. The Balaban J connectivity index is 2.54. The Morgan fingerprint density at radius 3 is 2.12 bits per heavy atom. The van der Waals surface area contributed by atoms with Crippen LogP contribution in [0.4, 0.5) is 0 Å². The highest BCUT2D eigenvalue weighted by Gasteiger charge is 2.35. The van der Waals surface area contributed by atoms with Crippen LogP contribution in [-0.4, -0.2) is 110 Å². The summed E-state index contributed by atoms with van der Waals surface area (Å²) in [6, 6.07) is 0. The minimum atomic E-state index is -4.70. The fourth-order valence-electron chi connectivity index (χ4n) is 6.43. The van der Waals surface area contributed by atoms with E-state index in [2.05, 4.69) is 38.2 Å². The van der Waals surface area contributed by atoms with Crippen molar-refractivity contribution < 1.29 is 62.1 Å². The summed E-state index contributed by atoms with van der Waals surface area (Å²) in [5.74, 6) is -1.36. The lowest BCUT2D eigenvalue weighted by Gasteiger charge is -2.36. The van der Waals surface area contributed by atoms with E-state index in [0.717, 1.165) is 64.2 Å². The second-order valence-corrected chi connectivity index (χ2v) is 18.3. The number of hydrogen-bond acceptors (Lipinski definition) is 12. The third kappa shape index (κ3) is 31.6. The molecule has 0 bridgehead atoms. The minimum absolute atomic E-state index is 0.0781. The van der Waals surface area contributed by atoms with Crippen molar-refractivity contribution in [2.75, 3.05) is 47.5 Å². The molecule has 0 aromatic rings. The number of allylic oxidation sites excluding steroid dienone is 6. The van der Waals surface area contributed by atoms with E-state index >= 15 is 0 Å². The van der Waals surface area contributed by atoms with Crippen molar-refractivity contribution in [3.63, 3.8) is 0 Å². The summed E-state index contributed by atoms with van der Waals surface area (Å²) in [4.78, 5) is 37.8. The molecule has 1 aliphatic rings. The molecule has 1 heterocycles. The highest BCUT2D eigenvalue weighted by Crippen LogP contribution is 2.38. The summed E-state index contributed by atoms with van der Waals surface area (Å²) in [6.45, 7) is 3.75. The molecule has 348 valence electrons. The third-order valence-electron chi connectivity index (χ3n) is 10.1. The van der Waals surface area contributed by atoms with Crippen LogP contribution in [0.5, 0.6) is 0 Å². The quantitative estimate of drug-likeness (QED) is 0.0181. The van der Waals surface area contributed by atoms with Gasteiger partial charge in [0, 0.05) is 25.2 Å². The first kappa shape index (κ1) is 55.8. The van der Waals surface area contributed by atoms with Gasteiger partial charge in [-0.1, -0.05) is 114 Å². The van der Waals surface area contributed by atoms with Crippen molar-refractivity contribution >= 4 is 19.8 Å². The zero-order chi connectivity index (χ0) is 44.5. The molecule has 13 nitrogen and oxygen atoms in total. The lowest BCUT2D eigenvalue weighted by Crippen LogP contribution is -2.43. The largest absolute Gasteiger partial charge is 0.756 e. The number of phosphoric acid groups is 1. The van der Waals surface area contributed by atoms with Crippen LogP contribution in [0.3, 0.4) is 0 Å². The SMILES string of the molecule is CCCCC/C=C\C/C=C\CCCCCCCC(=O)O[C@H](COC(=O)CCC/C=C\C[C@H]1[C@@H](O)CC(O)O[C@@H]1/C=C/[C@@H](O)CCCCC)COP(=O)([O-])OCC[N+](C)(C)C. The predicted octanol–water partition coefficient (Wildman–Crippen LogP) is 8.16. The Labute approximate surface area is 362 Å². The first-order valence-electron chi connectivity index (χ1n) is 22.7. The first-order valence-corrected chi connectivity index (χ1v) is 24.2. The normalized spacial score (nSPS) is 20.9. The van der Waals surface area contributed by atoms with E-state index in [9.17, 15) is 34.4 Å². The first-order chi connectivity index (χ1) is 28.7. The van der Waals surface area contributed by atoms with Gasteiger partial charge < -0.3 is 48.0 Å². The molecule has 3 N–H and O–H groups in total. The number of unbranched alkanes of at least 4 members (excludes halogenated alkanes) is 11. The molecule has 1 aliphatic heterocycles. The molecule has 60 heavy (non-hydrogen) atoms. The van der Waals surface area contributed by atoms with Crippen LogP contribution in [0, 0.1) is 5.92 Å². The molecule has 0 spiro atoms. The molecule has 0 aromatic heterocycles. The van der Waals surface area contributed by atoms with Gasteiger partial charge in [-0.2, -0.15) is 0 Å². The van der Waals surface area contributed by atoms with E-state index in [0.29, 0.717) is 43.1 Å². The maximum Gasteiger partial charge on any atom is 0.306 e. The Morgan fingerprint density at radius 2 is 1.42 bits per heavy atom. The lowest BCUT2D eigenvalue weighted by molar-refractivity contribution is -0.870. The summed E-state index contributed by atoms with van der Waals surface area (Å²) >= 11 is 0. The smallest absolute Gasteiger partial charge is 0.306 e. The van der Waals surface area contributed by atoms with Gasteiger partial charge in [-0.3, -0.25) is 14.2 Å². The molecule has 0 aromatic carbocycles. The maximum absolute atomic E-state index is 12.7. The highest BCUT2D eigenvalue weighted by molar-refractivity contribution is 7.45. The number of ether oxygens (including phenoxy) is 3. The summed E-state index contributed by atoms with van der Waals surface area (Å²) in [7, 11) is 1.000. The van der Waals surface area contributed by atoms with E-state index in [-0.39, 0.29) is 38.4 Å². The van der Waals surface area contributed by atoms with Crippen molar-refractivity contribution in [2.45, 2.75) is 179 Å². The molecule has 2 unspecified atom stereocenters. The Bertz CT molecular complexity index is 1280. The second-order valence-electron chi connectivity index (χ2n) is 16.9. The average Bonchev–Trinajstić information content (AvgIpc) is 3.18. The van der Waals surface area contributed by atoms with Crippen LogP contribution in [0.25, 0.3) is 0 Å². The monoisotopic (exact) mass is 872 g/mol. The number of rotatable bonds is 36. The molecule has 1 rings (SSSR count). The van der Waals surface area contributed by atoms with E-state index < -0.39 is 57.1 Å². The van der Waals surface area contributed by atoms with E-state index in [1.807, 2.05) is 33.3 Å². The topological polar surface area (TPSA) is 181 Å². The third-order valence-corrected chi connectivity index (χ3v) is 11.1. The summed E-state index contributed by atoms with van der Waals surface area (Å²) in [5.41, 5.74) is 0. The van der Waals surface area contributed by atoms with Crippen LogP contribution in [0.2, 0.25) is 0 Å². The van der Waals surface area contributed by atoms with Gasteiger partial charge in [-0.25, -0.2) is 0 Å². The number of phosphoric ester groups is 1. The van der Waals surface area contributed by atoms with E-state index in [4.69, 9.17) is 23.3 Å². The Hall–Kier alpha value is -2.19. The molecular formula is C46H82NO12P. The fraction of sp³-hybridized carbons (Fsp3) is 0.783. The maximum atomic E-state index is 12.7. The number of carbonyl (C=O) groups is 2. The summed E-state index contributed by atoms with van der Waals surface area (Å²) in [5, 5.41) is 31.0.